The standard InChI is InChI=1S/C7H10N2OS/c8-7-3-6(10-9-7)5-1-2-11-4-5/h3,5H,1-2,4H2,(H2,8,9). The summed E-state index contributed by atoms with van der Waals surface area (Å²) in [5.74, 6) is 4.37. The van der Waals surface area contributed by atoms with E-state index in [1.54, 1.807) is 0 Å². The minimum Gasteiger partial charge on any atom is -0.381 e. The maximum atomic E-state index is 5.43. The first-order valence-corrected chi connectivity index (χ1v) is 4.81. The van der Waals surface area contributed by atoms with Crippen molar-refractivity contribution in [2.45, 2.75) is 12.3 Å². The molecule has 11 heavy (non-hydrogen) atoms. The van der Waals surface area contributed by atoms with Crippen LogP contribution >= 0.6 is 11.8 Å². The highest BCUT2D eigenvalue weighted by atomic mass is 32.2. The summed E-state index contributed by atoms with van der Waals surface area (Å²) < 4.78 is 5.06. The molecule has 3 nitrogen and oxygen atoms in total. The zero-order valence-electron chi connectivity index (χ0n) is 6.12. The van der Waals surface area contributed by atoms with Crippen LogP contribution in [0, 0.1) is 0 Å². The molecule has 1 unspecified atom stereocenters. The van der Waals surface area contributed by atoms with Crippen LogP contribution in [0.3, 0.4) is 0 Å². The van der Waals surface area contributed by atoms with E-state index in [4.69, 9.17) is 10.3 Å². The number of rotatable bonds is 1. The number of nitrogens with two attached hydrogens (primary N) is 1. The van der Waals surface area contributed by atoms with Crippen LogP contribution in [0.1, 0.15) is 18.1 Å². The zero-order valence-corrected chi connectivity index (χ0v) is 6.93. The van der Waals surface area contributed by atoms with Crippen LogP contribution in [0.4, 0.5) is 5.82 Å². The van der Waals surface area contributed by atoms with Crippen molar-refractivity contribution < 1.29 is 4.52 Å². The molecule has 2 N–H and O–H groups in total. The molecule has 1 fully saturated rings. The van der Waals surface area contributed by atoms with E-state index in [2.05, 4.69) is 5.16 Å². The van der Waals surface area contributed by atoms with Gasteiger partial charge in [0, 0.05) is 17.7 Å². The summed E-state index contributed by atoms with van der Waals surface area (Å²) in [4.78, 5) is 0. The Bertz CT molecular complexity index is 242. The molecule has 0 saturated carbocycles. The van der Waals surface area contributed by atoms with Gasteiger partial charge in [-0.3, -0.25) is 0 Å². The second-order valence-corrected chi connectivity index (χ2v) is 3.86. The summed E-state index contributed by atoms with van der Waals surface area (Å²) in [6, 6.07) is 1.83. The predicted molar refractivity (Wildman–Crippen MR) is 45.6 cm³/mol. The molecule has 2 heterocycles. The van der Waals surface area contributed by atoms with Gasteiger partial charge in [-0.1, -0.05) is 5.16 Å². The Morgan fingerprint density at radius 3 is 3.18 bits per heavy atom. The van der Waals surface area contributed by atoms with Crippen molar-refractivity contribution in [3.05, 3.63) is 11.8 Å². The van der Waals surface area contributed by atoms with Crippen LogP contribution in [0.5, 0.6) is 0 Å². The highest BCUT2D eigenvalue weighted by molar-refractivity contribution is 7.99. The molecule has 1 saturated heterocycles. The molecule has 0 aliphatic carbocycles. The van der Waals surface area contributed by atoms with Crippen molar-refractivity contribution >= 4 is 17.6 Å². The van der Waals surface area contributed by atoms with Gasteiger partial charge >= 0.3 is 0 Å². The Balaban J connectivity index is 2.15. The van der Waals surface area contributed by atoms with Gasteiger partial charge in [-0.15, -0.1) is 0 Å². The Morgan fingerprint density at radius 1 is 1.73 bits per heavy atom. The fourth-order valence-corrected chi connectivity index (χ4v) is 2.49. The van der Waals surface area contributed by atoms with Crippen molar-refractivity contribution in [1.82, 2.24) is 5.16 Å². The van der Waals surface area contributed by atoms with Crippen LogP contribution in [-0.2, 0) is 0 Å². The Morgan fingerprint density at radius 2 is 2.64 bits per heavy atom. The van der Waals surface area contributed by atoms with E-state index >= 15 is 0 Å². The molecule has 0 amide bonds. The van der Waals surface area contributed by atoms with E-state index in [-0.39, 0.29) is 0 Å². The number of hydrogen-bond donors (Lipinski definition) is 1. The van der Waals surface area contributed by atoms with Crippen LogP contribution in [-0.4, -0.2) is 16.7 Å². The SMILES string of the molecule is Nc1cc(C2CCSC2)on1. The normalized spacial score (nSPS) is 24.2. The van der Waals surface area contributed by atoms with Gasteiger partial charge in [-0.05, 0) is 12.2 Å². The average molecular weight is 170 g/mol. The summed E-state index contributed by atoms with van der Waals surface area (Å²) in [7, 11) is 0. The Kier molecular flexibility index (Phi) is 1.77. The minimum absolute atomic E-state index is 0.497. The van der Waals surface area contributed by atoms with Crippen LogP contribution in [0.25, 0.3) is 0 Å². The van der Waals surface area contributed by atoms with E-state index in [0.717, 1.165) is 11.5 Å². The lowest BCUT2D eigenvalue weighted by Crippen LogP contribution is -1.92. The van der Waals surface area contributed by atoms with E-state index in [1.165, 1.54) is 12.2 Å². The molecule has 0 spiro atoms. The lowest BCUT2D eigenvalue weighted by Gasteiger charge is -1.99. The van der Waals surface area contributed by atoms with Crippen molar-refractivity contribution in [2.24, 2.45) is 0 Å². The highest BCUT2D eigenvalue weighted by Crippen LogP contribution is 2.32. The summed E-state index contributed by atoms with van der Waals surface area (Å²) in [6.07, 6.45) is 1.19. The van der Waals surface area contributed by atoms with Crippen molar-refractivity contribution in [2.75, 3.05) is 17.2 Å². The monoisotopic (exact) mass is 170 g/mol. The molecular weight excluding hydrogens is 160 g/mol. The molecule has 1 aromatic rings. The molecule has 1 aliphatic heterocycles. The molecule has 4 heteroatoms. The van der Waals surface area contributed by atoms with E-state index in [9.17, 15) is 0 Å². The van der Waals surface area contributed by atoms with Crippen molar-refractivity contribution in [3.8, 4) is 0 Å². The van der Waals surface area contributed by atoms with Gasteiger partial charge in [0.05, 0.1) is 0 Å². The molecule has 1 atom stereocenters. The van der Waals surface area contributed by atoms with Crippen molar-refractivity contribution in [1.29, 1.82) is 0 Å². The smallest absolute Gasteiger partial charge is 0.167 e. The van der Waals surface area contributed by atoms with Gasteiger partial charge in [0.1, 0.15) is 5.76 Å². The Labute approximate surface area is 69.3 Å². The molecule has 0 aromatic carbocycles. The first-order valence-electron chi connectivity index (χ1n) is 3.66. The summed E-state index contributed by atoms with van der Waals surface area (Å²) in [5, 5.41) is 3.65. The topological polar surface area (TPSA) is 52.0 Å². The summed E-state index contributed by atoms with van der Waals surface area (Å²) in [6.45, 7) is 0. The molecule has 0 radical (unpaired) electrons. The third-order valence-corrected chi connectivity index (χ3v) is 3.04. The summed E-state index contributed by atoms with van der Waals surface area (Å²) in [5.41, 5.74) is 5.43. The van der Waals surface area contributed by atoms with Crippen LogP contribution in [0.15, 0.2) is 10.6 Å². The number of hydrogen-bond acceptors (Lipinski definition) is 4. The number of nitrogen functional groups attached to an aromatic ring is 1. The first kappa shape index (κ1) is 7.03. The number of anilines is 1. The molecule has 1 aromatic heterocycles. The molecule has 0 bridgehead atoms. The molecular formula is C7H10N2OS. The van der Waals surface area contributed by atoms with E-state index in [0.29, 0.717) is 11.7 Å². The highest BCUT2D eigenvalue weighted by Gasteiger charge is 2.21. The second-order valence-electron chi connectivity index (χ2n) is 2.71. The van der Waals surface area contributed by atoms with E-state index < -0.39 is 0 Å². The van der Waals surface area contributed by atoms with Gasteiger partial charge < -0.3 is 10.3 Å². The quantitative estimate of drug-likeness (QED) is 0.693. The largest absolute Gasteiger partial charge is 0.381 e. The van der Waals surface area contributed by atoms with Gasteiger partial charge in [-0.2, -0.15) is 11.8 Å². The van der Waals surface area contributed by atoms with Gasteiger partial charge in [0.15, 0.2) is 5.82 Å². The Hall–Kier alpha value is -0.640. The number of thioether (sulfide) groups is 1. The lowest BCUT2D eigenvalue weighted by molar-refractivity contribution is 0.369. The molecule has 60 valence electrons. The fourth-order valence-electron chi connectivity index (χ4n) is 1.26. The minimum atomic E-state index is 0.497. The van der Waals surface area contributed by atoms with Gasteiger partial charge in [0.2, 0.25) is 0 Å². The maximum Gasteiger partial charge on any atom is 0.167 e. The molecule has 1 aliphatic rings. The zero-order chi connectivity index (χ0) is 7.68. The van der Waals surface area contributed by atoms with Crippen molar-refractivity contribution in [3.63, 3.8) is 0 Å². The second kappa shape index (κ2) is 2.77. The van der Waals surface area contributed by atoms with Gasteiger partial charge in [0.25, 0.3) is 0 Å². The van der Waals surface area contributed by atoms with Gasteiger partial charge in [-0.25, -0.2) is 0 Å². The fraction of sp³-hybridized carbons (Fsp3) is 0.571. The third-order valence-electron chi connectivity index (χ3n) is 1.88. The first-order chi connectivity index (χ1) is 5.36. The lowest BCUT2D eigenvalue weighted by atomic mass is 10.1. The third kappa shape index (κ3) is 1.35. The maximum absolute atomic E-state index is 5.43. The number of nitrogens with zero attached hydrogens (tertiary/aromatic N) is 1. The van der Waals surface area contributed by atoms with Crippen LogP contribution in [0.2, 0.25) is 0 Å². The predicted octanol–water partition coefficient (Wildman–Crippen LogP) is 1.48. The summed E-state index contributed by atoms with van der Waals surface area (Å²) >= 11 is 1.96. The molecule has 2 rings (SSSR count). The average Bonchev–Trinajstić information content (AvgIpc) is 2.55. The van der Waals surface area contributed by atoms with Crippen LogP contribution < -0.4 is 5.73 Å². The number of aromatic nitrogens is 1. The van der Waals surface area contributed by atoms with E-state index in [1.807, 2.05) is 17.8 Å².